The average molecular weight is 561 g/mol. The third kappa shape index (κ3) is 6.84. The molecule has 6 nitrogen and oxygen atoms in total. The third-order valence-electron chi connectivity index (χ3n) is 7.36. The van der Waals surface area contributed by atoms with Crippen LogP contribution in [0, 0.1) is 17.6 Å². The van der Waals surface area contributed by atoms with E-state index in [2.05, 4.69) is 4.98 Å². The lowest BCUT2D eigenvalue weighted by Crippen LogP contribution is -2.39. The minimum absolute atomic E-state index is 0.0742. The number of pyridine rings is 1. The lowest BCUT2D eigenvalue weighted by molar-refractivity contribution is -0.141. The zero-order chi connectivity index (χ0) is 28.6. The smallest absolute Gasteiger partial charge is 0.225 e. The van der Waals surface area contributed by atoms with Crippen LogP contribution in [0.1, 0.15) is 24.0 Å². The highest BCUT2D eigenvalue weighted by molar-refractivity contribution is 5.72. The van der Waals surface area contributed by atoms with E-state index in [-0.39, 0.29) is 35.9 Å². The summed E-state index contributed by atoms with van der Waals surface area (Å²) in [6.07, 6.45) is 1.20. The van der Waals surface area contributed by atoms with Crippen LogP contribution in [0.5, 0.6) is 11.8 Å². The van der Waals surface area contributed by atoms with Crippen LogP contribution in [-0.4, -0.2) is 38.6 Å². The lowest BCUT2D eigenvalue weighted by Gasteiger charge is -2.36. The Kier molecular flexibility index (Phi) is 9.44. The number of aromatic nitrogens is 1. The van der Waals surface area contributed by atoms with E-state index in [0.717, 1.165) is 24.0 Å². The van der Waals surface area contributed by atoms with Crippen molar-refractivity contribution in [3.8, 4) is 22.9 Å². The lowest BCUT2D eigenvalue weighted by atomic mass is 9.95. The van der Waals surface area contributed by atoms with Crippen LogP contribution >= 0.6 is 0 Å². The molecular weight excluding hydrogens is 526 g/mol. The topological polar surface area (TPSA) is 53.1 Å². The molecule has 0 atom stereocenters. The molecule has 1 aliphatic rings. The number of ether oxygens (including phenoxy) is 4. The predicted molar refractivity (Wildman–Crippen MR) is 154 cm³/mol. The molecule has 2 heterocycles. The number of nitrogens with zero attached hydrogens (tertiary/aromatic N) is 2. The van der Waals surface area contributed by atoms with Crippen molar-refractivity contribution in [2.24, 2.45) is 5.92 Å². The summed E-state index contributed by atoms with van der Waals surface area (Å²) in [6.45, 7) is 1.67. The zero-order valence-electron chi connectivity index (χ0n) is 23.3. The zero-order valence-corrected chi connectivity index (χ0v) is 23.3. The Morgan fingerprint density at radius 3 is 1.93 bits per heavy atom. The summed E-state index contributed by atoms with van der Waals surface area (Å²) in [5.74, 6) is -1.15. The van der Waals surface area contributed by atoms with Gasteiger partial charge >= 0.3 is 0 Å². The minimum atomic E-state index is -0.944. The molecule has 8 heteroatoms. The summed E-state index contributed by atoms with van der Waals surface area (Å²) in [5, 5.41) is 0. The Labute approximate surface area is 239 Å². The summed E-state index contributed by atoms with van der Waals surface area (Å²) in [4.78, 5) is 6.40. The number of benzene rings is 3. The highest BCUT2D eigenvalue weighted by Gasteiger charge is 2.29. The highest BCUT2D eigenvalue weighted by Crippen LogP contribution is 2.37. The fourth-order valence-electron chi connectivity index (χ4n) is 5.16. The molecule has 214 valence electrons. The van der Waals surface area contributed by atoms with Crippen molar-refractivity contribution in [2.75, 3.05) is 32.2 Å². The van der Waals surface area contributed by atoms with Gasteiger partial charge in [0.15, 0.2) is 17.9 Å². The van der Waals surface area contributed by atoms with E-state index >= 15 is 8.78 Å². The summed E-state index contributed by atoms with van der Waals surface area (Å²) < 4.78 is 53.9. The fourth-order valence-corrected chi connectivity index (χ4v) is 5.16. The van der Waals surface area contributed by atoms with Crippen molar-refractivity contribution in [1.82, 2.24) is 4.98 Å². The first-order valence-corrected chi connectivity index (χ1v) is 13.7. The average Bonchev–Trinajstić information content (AvgIpc) is 3.02. The van der Waals surface area contributed by atoms with Crippen LogP contribution in [0.4, 0.5) is 14.5 Å². The second-order valence-electron chi connectivity index (χ2n) is 9.98. The molecule has 3 aromatic carbocycles. The monoisotopic (exact) mass is 560 g/mol. The van der Waals surface area contributed by atoms with Gasteiger partial charge in [-0.15, -0.1) is 0 Å². The molecule has 1 aliphatic heterocycles. The standard InChI is InChI=1S/C33H34F2N2O4/c1-38-33(39-2)25-17-19-37(20-18-25)28-15-13-26(30(34)31(28)35)27-14-16-29(40-21-23-9-5-3-6-10-23)36-32(27)41-22-24-11-7-4-8-12-24/h3-16,25,33H,17-22H2,1-2H3. The van der Waals surface area contributed by atoms with Crippen LogP contribution in [0.25, 0.3) is 11.1 Å². The Hall–Kier alpha value is -4.01. The third-order valence-corrected chi connectivity index (χ3v) is 7.36. The van der Waals surface area contributed by atoms with Crippen molar-refractivity contribution in [3.05, 3.63) is 108 Å². The van der Waals surface area contributed by atoms with Gasteiger partial charge in [0.05, 0.1) is 5.69 Å². The van der Waals surface area contributed by atoms with Crippen molar-refractivity contribution in [2.45, 2.75) is 32.3 Å². The van der Waals surface area contributed by atoms with Gasteiger partial charge in [0.25, 0.3) is 0 Å². The summed E-state index contributed by atoms with van der Waals surface area (Å²) in [7, 11) is 3.23. The molecule has 0 saturated carbocycles. The van der Waals surface area contributed by atoms with Crippen molar-refractivity contribution in [1.29, 1.82) is 0 Å². The SMILES string of the molecule is COC(OC)C1CCN(c2ccc(-c3ccc(OCc4ccccc4)nc3OCc3ccccc3)c(F)c2F)CC1. The summed E-state index contributed by atoms with van der Waals surface area (Å²) in [6, 6.07) is 25.8. The first kappa shape index (κ1) is 28.5. The van der Waals surface area contributed by atoms with Gasteiger partial charge in [-0.1, -0.05) is 60.7 Å². The molecule has 5 rings (SSSR count). The Morgan fingerprint density at radius 1 is 0.732 bits per heavy atom. The van der Waals surface area contributed by atoms with Gasteiger partial charge in [-0.05, 0) is 42.2 Å². The minimum Gasteiger partial charge on any atom is -0.473 e. The fraction of sp³-hybridized carbons (Fsp3) is 0.303. The van der Waals surface area contributed by atoms with E-state index in [1.165, 1.54) is 0 Å². The van der Waals surface area contributed by atoms with Gasteiger partial charge in [0, 0.05) is 50.4 Å². The van der Waals surface area contributed by atoms with Crippen molar-refractivity contribution < 1.29 is 27.7 Å². The number of rotatable bonds is 11. The van der Waals surface area contributed by atoms with E-state index in [1.54, 1.807) is 38.5 Å². The summed E-state index contributed by atoms with van der Waals surface area (Å²) >= 11 is 0. The highest BCUT2D eigenvalue weighted by atomic mass is 19.2. The largest absolute Gasteiger partial charge is 0.473 e. The second-order valence-corrected chi connectivity index (χ2v) is 9.98. The van der Waals surface area contributed by atoms with Crippen LogP contribution < -0.4 is 14.4 Å². The number of halogens is 2. The van der Waals surface area contributed by atoms with Gasteiger partial charge in [-0.25, -0.2) is 8.78 Å². The van der Waals surface area contributed by atoms with Gasteiger partial charge in [-0.3, -0.25) is 0 Å². The van der Waals surface area contributed by atoms with Gasteiger partial charge in [0.2, 0.25) is 11.8 Å². The Morgan fingerprint density at radius 2 is 1.32 bits per heavy atom. The van der Waals surface area contributed by atoms with Crippen molar-refractivity contribution >= 4 is 5.69 Å². The quantitative estimate of drug-likeness (QED) is 0.184. The number of hydrogen-bond acceptors (Lipinski definition) is 6. The predicted octanol–water partition coefficient (Wildman–Crippen LogP) is 7.02. The maximum absolute atomic E-state index is 15.7. The van der Waals surface area contributed by atoms with E-state index in [1.807, 2.05) is 65.6 Å². The molecule has 1 fully saturated rings. The molecular formula is C33H34F2N2O4. The van der Waals surface area contributed by atoms with Crippen LogP contribution in [0.2, 0.25) is 0 Å². The molecule has 0 bridgehead atoms. The van der Waals surface area contributed by atoms with Crippen LogP contribution in [-0.2, 0) is 22.7 Å². The number of piperidine rings is 1. The maximum atomic E-state index is 15.7. The first-order chi connectivity index (χ1) is 20.1. The first-order valence-electron chi connectivity index (χ1n) is 13.7. The maximum Gasteiger partial charge on any atom is 0.225 e. The molecule has 4 aromatic rings. The molecule has 41 heavy (non-hydrogen) atoms. The van der Waals surface area contributed by atoms with E-state index in [9.17, 15) is 0 Å². The number of anilines is 1. The summed E-state index contributed by atoms with van der Waals surface area (Å²) in [5.41, 5.74) is 2.56. The molecule has 0 amide bonds. The van der Waals surface area contributed by atoms with Crippen molar-refractivity contribution in [3.63, 3.8) is 0 Å². The van der Waals surface area contributed by atoms with Crippen LogP contribution in [0.15, 0.2) is 84.9 Å². The Bertz CT molecular complexity index is 1410. The van der Waals surface area contributed by atoms with Gasteiger partial charge in [0.1, 0.15) is 13.2 Å². The molecule has 1 saturated heterocycles. The molecule has 0 radical (unpaired) electrons. The van der Waals surface area contributed by atoms with Gasteiger partial charge in [-0.2, -0.15) is 4.98 Å². The van der Waals surface area contributed by atoms with Gasteiger partial charge < -0.3 is 23.8 Å². The molecule has 0 aliphatic carbocycles. The second kappa shape index (κ2) is 13.6. The van der Waals surface area contributed by atoms with E-state index < -0.39 is 11.6 Å². The number of hydrogen-bond donors (Lipinski definition) is 0. The molecule has 0 N–H and O–H groups in total. The number of methoxy groups -OCH3 is 2. The van der Waals surface area contributed by atoms with Crippen LogP contribution in [0.3, 0.4) is 0 Å². The molecule has 1 aromatic heterocycles. The molecule has 0 unspecified atom stereocenters. The molecule has 0 spiro atoms. The Balaban J connectivity index is 1.39. The van der Waals surface area contributed by atoms with E-state index in [0.29, 0.717) is 31.1 Å². The van der Waals surface area contributed by atoms with E-state index in [4.69, 9.17) is 18.9 Å². The normalized spacial score (nSPS) is 13.9.